The molecule has 1 aliphatic heterocycles. The number of furan rings is 1. The maximum atomic E-state index is 12.2. The van der Waals surface area contributed by atoms with Crippen molar-refractivity contribution in [2.75, 3.05) is 32.0 Å². The minimum atomic E-state index is -0.0157. The van der Waals surface area contributed by atoms with Gasteiger partial charge in [0, 0.05) is 12.2 Å². The number of nitrogens with zero attached hydrogens (tertiary/aromatic N) is 2. The summed E-state index contributed by atoms with van der Waals surface area (Å²) in [5.74, 6) is 1.75. The zero-order chi connectivity index (χ0) is 17.6. The Labute approximate surface area is 149 Å². The molecule has 2 aromatic rings. The van der Waals surface area contributed by atoms with E-state index < -0.39 is 0 Å². The van der Waals surface area contributed by atoms with Gasteiger partial charge in [-0.3, -0.25) is 14.6 Å². The summed E-state index contributed by atoms with van der Waals surface area (Å²) in [4.78, 5) is 16.6. The summed E-state index contributed by atoms with van der Waals surface area (Å²) in [6.07, 6.45) is 2.61. The highest BCUT2D eigenvalue weighted by atomic mass is 16.3. The van der Waals surface area contributed by atoms with Crippen LogP contribution in [0.1, 0.15) is 29.9 Å². The third-order valence-electron chi connectivity index (χ3n) is 4.48. The van der Waals surface area contributed by atoms with Crippen LogP contribution in [-0.4, -0.2) is 42.4 Å². The summed E-state index contributed by atoms with van der Waals surface area (Å²) in [6, 6.07) is 12.1. The van der Waals surface area contributed by atoms with Crippen molar-refractivity contribution < 1.29 is 9.21 Å². The number of benzene rings is 1. The molecule has 0 aliphatic carbocycles. The zero-order valence-corrected chi connectivity index (χ0v) is 15.1. The molecule has 0 spiro atoms. The van der Waals surface area contributed by atoms with E-state index in [1.165, 1.54) is 31.5 Å². The first-order chi connectivity index (χ1) is 12.1. The van der Waals surface area contributed by atoms with Crippen LogP contribution in [0.25, 0.3) is 0 Å². The summed E-state index contributed by atoms with van der Waals surface area (Å²) >= 11 is 0. The van der Waals surface area contributed by atoms with Crippen LogP contribution in [-0.2, 0) is 17.9 Å². The molecule has 1 aliphatic rings. The molecule has 0 radical (unpaired) electrons. The first-order valence-corrected chi connectivity index (χ1v) is 8.93. The molecular formula is C20H27N3O2. The normalized spacial score (nSPS) is 15.0. The average Bonchev–Trinajstić information content (AvgIpc) is 3.21. The van der Waals surface area contributed by atoms with Crippen molar-refractivity contribution in [1.29, 1.82) is 0 Å². The topological polar surface area (TPSA) is 48.7 Å². The first kappa shape index (κ1) is 17.7. The molecule has 2 heterocycles. The van der Waals surface area contributed by atoms with Crippen molar-refractivity contribution in [2.45, 2.75) is 32.9 Å². The largest absolute Gasteiger partial charge is 0.465 e. The number of aryl methyl sites for hydroxylation is 1. The van der Waals surface area contributed by atoms with Crippen molar-refractivity contribution in [2.24, 2.45) is 0 Å². The van der Waals surface area contributed by atoms with Crippen LogP contribution in [0.3, 0.4) is 0 Å². The van der Waals surface area contributed by atoms with Crippen molar-refractivity contribution in [1.82, 2.24) is 9.80 Å². The number of likely N-dealkylation sites (N-methyl/N-ethyl adjacent to an activating group) is 1. The molecule has 134 valence electrons. The number of amides is 1. The fraction of sp³-hybridized carbons (Fsp3) is 0.450. The van der Waals surface area contributed by atoms with E-state index in [-0.39, 0.29) is 5.91 Å². The maximum Gasteiger partial charge on any atom is 0.238 e. The minimum Gasteiger partial charge on any atom is -0.465 e. The van der Waals surface area contributed by atoms with Crippen LogP contribution in [0.4, 0.5) is 5.69 Å². The highest BCUT2D eigenvalue weighted by molar-refractivity contribution is 5.92. The van der Waals surface area contributed by atoms with Crippen molar-refractivity contribution in [3.05, 3.63) is 53.5 Å². The van der Waals surface area contributed by atoms with Gasteiger partial charge in [-0.05, 0) is 69.7 Å². The molecule has 0 bridgehead atoms. The number of hydrogen-bond acceptors (Lipinski definition) is 4. The van der Waals surface area contributed by atoms with Crippen molar-refractivity contribution in [3.63, 3.8) is 0 Å². The smallest absolute Gasteiger partial charge is 0.238 e. The van der Waals surface area contributed by atoms with Crippen LogP contribution < -0.4 is 5.32 Å². The Morgan fingerprint density at radius 3 is 2.52 bits per heavy atom. The van der Waals surface area contributed by atoms with E-state index in [9.17, 15) is 4.79 Å². The lowest BCUT2D eigenvalue weighted by molar-refractivity contribution is -0.117. The molecule has 1 saturated heterocycles. The Hall–Kier alpha value is -2.11. The summed E-state index contributed by atoms with van der Waals surface area (Å²) in [7, 11) is 1.91. The Kier molecular flexibility index (Phi) is 5.89. The molecule has 1 aromatic heterocycles. The van der Waals surface area contributed by atoms with Crippen LogP contribution in [0, 0.1) is 6.92 Å². The molecule has 0 unspecified atom stereocenters. The zero-order valence-electron chi connectivity index (χ0n) is 15.1. The third-order valence-corrected chi connectivity index (χ3v) is 4.48. The monoisotopic (exact) mass is 341 g/mol. The molecule has 1 aromatic carbocycles. The van der Waals surface area contributed by atoms with Gasteiger partial charge in [-0.25, -0.2) is 0 Å². The third kappa shape index (κ3) is 5.44. The standard InChI is InChI=1S/C20H27N3O2/c1-16-5-10-19(25-16)14-22(2)15-20(24)21-18-8-6-17(7-9-18)13-23-11-3-4-12-23/h5-10H,3-4,11-15H2,1-2H3,(H,21,24). The van der Waals surface area contributed by atoms with Gasteiger partial charge in [0.25, 0.3) is 0 Å². The number of hydrogen-bond donors (Lipinski definition) is 1. The first-order valence-electron chi connectivity index (χ1n) is 8.93. The highest BCUT2D eigenvalue weighted by Crippen LogP contribution is 2.15. The second-order valence-corrected chi connectivity index (χ2v) is 6.91. The minimum absolute atomic E-state index is 0.0157. The summed E-state index contributed by atoms with van der Waals surface area (Å²) in [6.45, 7) is 6.26. The van der Waals surface area contributed by atoms with E-state index in [0.717, 1.165) is 23.8 Å². The number of carbonyl (C=O) groups excluding carboxylic acids is 1. The number of likely N-dealkylation sites (tertiary alicyclic amines) is 1. The predicted octanol–water partition coefficient (Wildman–Crippen LogP) is 3.25. The predicted molar refractivity (Wildman–Crippen MR) is 99.4 cm³/mol. The van der Waals surface area contributed by atoms with Crippen LogP contribution >= 0.6 is 0 Å². The lowest BCUT2D eigenvalue weighted by Crippen LogP contribution is -2.29. The van der Waals surface area contributed by atoms with E-state index in [4.69, 9.17) is 4.42 Å². The fourth-order valence-corrected chi connectivity index (χ4v) is 3.23. The fourth-order valence-electron chi connectivity index (χ4n) is 3.23. The summed E-state index contributed by atoms with van der Waals surface area (Å²) in [5, 5.41) is 2.96. The van der Waals surface area contributed by atoms with E-state index in [1.807, 2.05) is 43.1 Å². The lowest BCUT2D eigenvalue weighted by atomic mass is 10.2. The number of anilines is 1. The Morgan fingerprint density at radius 2 is 1.88 bits per heavy atom. The molecule has 1 amide bonds. The average molecular weight is 341 g/mol. The molecule has 1 fully saturated rings. The van der Waals surface area contributed by atoms with E-state index in [0.29, 0.717) is 13.1 Å². The summed E-state index contributed by atoms with van der Waals surface area (Å²) in [5.41, 5.74) is 2.14. The van der Waals surface area contributed by atoms with Gasteiger partial charge in [0.2, 0.25) is 5.91 Å². The van der Waals surface area contributed by atoms with Gasteiger partial charge < -0.3 is 9.73 Å². The quantitative estimate of drug-likeness (QED) is 0.840. The van der Waals surface area contributed by atoms with Crippen LogP contribution in [0.15, 0.2) is 40.8 Å². The Balaban J connectivity index is 1.45. The van der Waals surface area contributed by atoms with Gasteiger partial charge in [0.15, 0.2) is 0 Å². The molecule has 5 nitrogen and oxygen atoms in total. The van der Waals surface area contributed by atoms with Crippen LogP contribution in [0.5, 0.6) is 0 Å². The number of rotatable bonds is 7. The molecular weight excluding hydrogens is 314 g/mol. The second kappa shape index (κ2) is 8.32. The Bertz CT molecular complexity index is 687. The maximum absolute atomic E-state index is 12.2. The van der Waals surface area contributed by atoms with Gasteiger partial charge in [-0.2, -0.15) is 0 Å². The van der Waals surface area contributed by atoms with Gasteiger partial charge in [-0.1, -0.05) is 12.1 Å². The van der Waals surface area contributed by atoms with E-state index >= 15 is 0 Å². The van der Waals surface area contributed by atoms with Gasteiger partial charge in [0.05, 0.1) is 13.1 Å². The molecule has 1 N–H and O–H groups in total. The lowest BCUT2D eigenvalue weighted by Gasteiger charge is -2.16. The SMILES string of the molecule is Cc1ccc(CN(C)CC(=O)Nc2ccc(CN3CCCC3)cc2)o1. The van der Waals surface area contributed by atoms with Crippen molar-refractivity contribution in [3.8, 4) is 0 Å². The molecule has 3 rings (SSSR count). The molecule has 0 atom stereocenters. The van der Waals surface area contributed by atoms with E-state index in [1.54, 1.807) is 0 Å². The van der Waals surface area contributed by atoms with Crippen molar-refractivity contribution >= 4 is 11.6 Å². The van der Waals surface area contributed by atoms with Gasteiger partial charge in [0.1, 0.15) is 11.5 Å². The van der Waals surface area contributed by atoms with E-state index in [2.05, 4.69) is 22.3 Å². The molecule has 5 heteroatoms. The number of nitrogens with one attached hydrogen (secondary N) is 1. The highest BCUT2D eigenvalue weighted by Gasteiger charge is 2.12. The second-order valence-electron chi connectivity index (χ2n) is 6.91. The van der Waals surface area contributed by atoms with Gasteiger partial charge >= 0.3 is 0 Å². The molecule has 25 heavy (non-hydrogen) atoms. The Morgan fingerprint density at radius 1 is 1.16 bits per heavy atom. The van der Waals surface area contributed by atoms with Crippen LogP contribution in [0.2, 0.25) is 0 Å². The molecule has 0 saturated carbocycles. The summed E-state index contributed by atoms with van der Waals surface area (Å²) < 4.78 is 5.54. The van der Waals surface area contributed by atoms with Gasteiger partial charge in [-0.15, -0.1) is 0 Å². The number of carbonyl (C=O) groups is 1.